The first-order chi connectivity index (χ1) is 14.4. The average Bonchev–Trinajstić information content (AvgIpc) is 3.03. The molecule has 0 aliphatic heterocycles. The minimum Gasteiger partial charge on any atom is -0.393 e. The Balaban J connectivity index is 1.53. The van der Waals surface area contributed by atoms with Gasteiger partial charge in [-0.15, -0.1) is 0 Å². The lowest BCUT2D eigenvalue weighted by atomic mass is 9.49. The van der Waals surface area contributed by atoms with Crippen LogP contribution in [0.2, 0.25) is 0 Å². The van der Waals surface area contributed by atoms with Crippen molar-refractivity contribution in [1.82, 2.24) is 0 Å². The largest absolute Gasteiger partial charge is 0.393 e. The Bertz CT molecular complexity index is 746. The van der Waals surface area contributed by atoms with Gasteiger partial charge in [0.05, 0.1) is 17.8 Å². The third kappa shape index (κ3) is 3.77. The van der Waals surface area contributed by atoms with E-state index in [4.69, 9.17) is 0 Å². The van der Waals surface area contributed by atoms with E-state index in [0.717, 1.165) is 25.2 Å². The van der Waals surface area contributed by atoms with Gasteiger partial charge in [-0.05, 0) is 87.4 Å². The van der Waals surface area contributed by atoms with Crippen LogP contribution in [-0.4, -0.2) is 33.1 Å². The smallest absolute Gasteiger partial charge is 0.0661 e. The predicted octanol–water partition coefficient (Wildman–Crippen LogP) is 5.64. The monoisotopic (exact) mass is 430 g/mol. The first kappa shape index (κ1) is 23.5. The SMILES string of the molecule is C[C@H](CC[C@@H](C)C(C)(C)O)[C@H]1CC[C@H]2C3=CC=C4C[C@@H](O)C[C@H](O)[C@]4(C)[C@H]3CC[C@]12C. The molecule has 4 aliphatic carbocycles. The maximum atomic E-state index is 11.1. The fraction of sp³-hybridized carbons (Fsp3) is 0.857. The van der Waals surface area contributed by atoms with Crippen LogP contribution in [0.3, 0.4) is 0 Å². The zero-order valence-corrected chi connectivity index (χ0v) is 20.7. The normalized spacial score (nSPS) is 44.5. The molecule has 3 saturated carbocycles. The van der Waals surface area contributed by atoms with E-state index in [2.05, 4.69) is 39.8 Å². The molecule has 0 bridgehead atoms. The zero-order valence-electron chi connectivity index (χ0n) is 20.7. The summed E-state index contributed by atoms with van der Waals surface area (Å²) >= 11 is 0. The second-order valence-corrected chi connectivity index (χ2v) is 12.7. The molecular weight excluding hydrogens is 384 g/mol. The van der Waals surface area contributed by atoms with Gasteiger partial charge in [0.25, 0.3) is 0 Å². The average molecular weight is 431 g/mol. The first-order valence-electron chi connectivity index (χ1n) is 12.9. The molecule has 0 unspecified atom stereocenters. The van der Waals surface area contributed by atoms with E-state index < -0.39 is 17.8 Å². The van der Waals surface area contributed by atoms with E-state index in [1.165, 1.54) is 31.3 Å². The van der Waals surface area contributed by atoms with Gasteiger partial charge in [-0.1, -0.05) is 57.4 Å². The topological polar surface area (TPSA) is 60.7 Å². The van der Waals surface area contributed by atoms with Crippen molar-refractivity contribution in [3.63, 3.8) is 0 Å². The number of hydrogen-bond acceptors (Lipinski definition) is 3. The van der Waals surface area contributed by atoms with E-state index in [1.54, 1.807) is 5.57 Å². The number of fused-ring (bicyclic) bond motifs is 5. The highest BCUT2D eigenvalue weighted by atomic mass is 16.3. The van der Waals surface area contributed by atoms with Crippen molar-refractivity contribution in [2.75, 3.05) is 0 Å². The Morgan fingerprint density at radius 2 is 1.74 bits per heavy atom. The summed E-state index contributed by atoms with van der Waals surface area (Å²) < 4.78 is 0. The highest BCUT2D eigenvalue weighted by Crippen LogP contribution is 2.66. The standard InChI is InChI=1S/C28H46O3/c1-17(7-8-18(2)26(3,4)31)22-11-12-23-21-10-9-19-15-20(29)16-25(30)28(19,6)24(21)13-14-27(22,23)5/h9-10,17-18,20,22-25,29-31H,7-8,11-16H2,1-6H3/t17-,18-,20-,22-,23+,24+,25+,27-,28+/m1/s1. The molecule has 0 radical (unpaired) electrons. The van der Waals surface area contributed by atoms with E-state index in [-0.39, 0.29) is 5.41 Å². The van der Waals surface area contributed by atoms with Gasteiger partial charge in [0.1, 0.15) is 0 Å². The summed E-state index contributed by atoms with van der Waals surface area (Å²) in [5, 5.41) is 31.6. The lowest BCUT2D eigenvalue weighted by molar-refractivity contribution is -0.0547. The quantitative estimate of drug-likeness (QED) is 0.529. The third-order valence-electron chi connectivity index (χ3n) is 10.7. The Morgan fingerprint density at radius 1 is 1.03 bits per heavy atom. The molecule has 0 saturated heterocycles. The molecule has 31 heavy (non-hydrogen) atoms. The zero-order chi connectivity index (χ0) is 22.8. The van der Waals surface area contributed by atoms with Crippen molar-refractivity contribution in [1.29, 1.82) is 0 Å². The van der Waals surface area contributed by atoms with Crippen LogP contribution in [0.1, 0.15) is 92.9 Å². The number of aliphatic hydroxyl groups is 3. The van der Waals surface area contributed by atoms with Gasteiger partial charge < -0.3 is 15.3 Å². The van der Waals surface area contributed by atoms with E-state index in [9.17, 15) is 15.3 Å². The molecule has 4 rings (SSSR count). The van der Waals surface area contributed by atoms with Crippen LogP contribution in [0.4, 0.5) is 0 Å². The summed E-state index contributed by atoms with van der Waals surface area (Å²) in [4.78, 5) is 0. The molecule has 0 amide bonds. The highest BCUT2D eigenvalue weighted by molar-refractivity contribution is 5.40. The van der Waals surface area contributed by atoms with Crippen LogP contribution in [0.15, 0.2) is 23.3 Å². The molecule has 3 N–H and O–H groups in total. The number of allylic oxidation sites excluding steroid dienone is 3. The molecule has 0 aromatic carbocycles. The summed E-state index contributed by atoms with van der Waals surface area (Å²) in [7, 11) is 0. The maximum Gasteiger partial charge on any atom is 0.0661 e. The van der Waals surface area contributed by atoms with E-state index >= 15 is 0 Å². The van der Waals surface area contributed by atoms with E-state index in [1.807, 2.05) is 13.8 Å². The van der Waals surface area contributed by atoms with Crippen LogP contribution in [0, 0.1) is 40.4 Å². The van der Waals surface area contributed by atoms with Crippen molar-refractivity contribution >= 4 is 0 Å². The second-order valence-electron chi connectivity index (χ2n) is 12.7. The maximum absolute atomic E-state index is 11.1. The first-order valence-corrected chi connectivity index (χ1v) is 12.9. The molecule has 0 aromatic rings. The van der Waals surface area contributed by atoms with Gasteiger partial charge in [-0.25, -0.2) is 0 Å². The van der Waals surface area contributed by atoms with Gasteiger partial charge in [-0.2, -0.15) is 0 Å². The van der Waals surface area contributed by atoms with Gasteiger partial charge >= 0.3 is 0 Å². The molecule has 0 heterocycles. The van der Waals surface area contributed by atoms with Crippen molar-refractivity contribution in [3.8, 4) is 0 Å². The summed E-state index contributed by atoms with van der Waals surface area (Å²) in [6.07, 6.45) is 12.3. The predicted molar refractivity (Wildman–Crippen MR) is 126 cm³/mol. The molecule has 4 aliphatic rings. The van der Waals surface area contributed by atoms with Crippen molar-refractivity contribution < 1.29 is 15.3 Å². The minimum atomic E-state index is -0.597. The molecule has 3 heteroatoms. The molecule has 9 atom stereocenters. The van der Waals surface area contributed by atoms with E-state index in [0.29, 0.717) is 35.5 Å². The number of rotatable bonds is 5. The highest BCUT2D eigenvalue weighted by Gasteiger charge is 2.58. The van der Waals surface area contributed by atoms with Crippen LogP contribution >= 0.6 is 0 Å². The van der Waals surface area contributed by atoms with Crippen LogP contribution in [-0.2, 0) is 0 Å². The van der Waals surface area contributed by atoms with Crippen LogP contribution in [0.5, 0.6) is 0 Å². The lowest BCUT2D eigenvalue weighted by Crippen LogP contribution is -2.52. The van der Waals surface area contributed by atoms with Gasteiger partial charge in [-0.3, -0.25) is 0 Å². The van der Waals surface area contributed by atoms with Gasteiger partial charge in [0.2, 0.25) is 0 Å². The third-order valence-corrected chi connectivity index (χ3v) is 10.7. The Kier molecular flexibility index (Phi) is 6.06. The van der Waals surface area contributed by atoms with Crippen molar-refractivity contribution in [3.05, 3.63) is 23.3 Å². The van der Waals surface area contributed by atoms with Crippen LogP contribution in [0.25, 0.3) is 0 Å². The Hall–Kier alpha value is -0.640. The Morgan fingerprint density at radius 3 is 2.42 bits per heavy atom. The summed E-state index contributed by atoms with van der Waals surface area (Å²) in [6, 6.07) is 0. The molecule has 0 aromatic heterocycles. The van der Waals surface area contributed by atoms with Gasteiger partial charge in [0, 0.05) is 11.8 Å². The lowest BCUT2D eigenvalue weighted by Gasteiger charge is -2.56. The van der Waals surface area contributed by atoms with Crippen molar-refractivity contribution in [2.45, 2.75) is 111 Å². The van der Waals surface area contributed by atoms with Crippen molar-refractivity contribution in [2.24, 2.45) is 40.4 Å². The molecular formula is C28H46O3. The number of aliphatic hydroxyl groups excluding tert-OH is 2. The molecule has 176 valence electrons. The molecule has 3 fully saturated rings. The summed E-state index contributed by atoms with van der Waals surface area (Å²) in [6.45, 7) is 13.3. The molecule has 0 spiro atoms. The molecule has 3 nitrogen and oxygen atoms in total. The minimum absolute atomic E-state index is 0.198. The fourth-order valence-corrected chi connectivity index (χ4v) is 8.09. The summed E-state index contributed by atoms with van der Waals surface area (Å²) in [5.74, 6) is 2.79. The fourth-order valence-electron chi connectivity index (χ4n) is 8.09. The van der Waals surface area contributed by atoms with Gasteiger partial charge in [0.15, 0.2) is 0 Å². The Labute approximate surface area is 190 Å². The second kappa shape index (κ2) is 7.99. The van der Waals surface area contributed by atoms with Crippen LogP contribution < -0.4 is 0 Å². The summed E-state index contributed by atoms with van der Waals surface area (Å²) in [5.41, 5.74) is 2.41. The number of hydrogen-bond donors (Lipinski definition) is 3.